The van der Waals surface area contributed by atoms with Crippen molar-refractivity contribution >= 4 is 57.0 Å². The van der Waals surface area contributed by atoms with Crippen LogP contribution in [0.1, 0.15) is 5.82 Å². The number of benzene rings is 2. The summed E-state index contributed by atoms with van der Waals surface area (Å²) in [6, 6.07) is 14.7. The number of thioether (sulfide) groups is 1. The number of halogens is 1. The molecule has 26 heavy (non-hydrogen) atoms. The van der Waals surface area contributed by atoms with E-state index < -0.39 is 0 Å². The van der Waals surface area contributed by atoms with E-state index in [9.17, 15) is 4.79 Å². The molecule has 0 aliphatic heterocycles. The molecular formula is C19H14ClN3O2S. The number of anilines is 1. The molecule has 2 heterocycles. The van der Waals surface area contributed by atoms with E-state index in [4.69, 9.17) is 16.0 Å². The van der Waals surface area contributed by atoms with Gasteiger partial charge in [-0.3, -0.25) is 4.79 Å². The summed E-state index contributed by atoms with van der Waals surface area (Å²) >= 11 is 7.18. The summed E-state index contributed by atoms with van der Waals surface area (Å²) in [7, 11) is 0. The van der Waals surface area contributed by atoms with Crippen LogP contribution < -0.4 is 5.32 Å². The third-order valence-corrected chi connectivity index (χ3v) is 4.98. The number of nitrogens with zero attached hydrogens (tertiary/aromatic N) is 2. The maximum Gasteiger partial charge on any atom is 0.234 e. The van der Waals surface area contributed by atoms with Crippen LogP contribution in [-0.2, 0) is 4.79 Å². The Balaban J connectivity index is 1.57. The van der Waals surface area contributed by atoms with Crippen molar-refractivity contribution in [2.75, 3.05) is 11.1 Å². The normalized spacial score (nSPS) is 11.2. The van der Waals surface area contributed by atoms with Crippen molar-refractivity contribution in [2.24, 2.45) is 0 Å². The molecule has 0 saturated heterocycles. The number of para-hydroxylation sites is 1. The highest BCUT2D eigenvalue weighted by Gasteiger charge is 2.16. The van der Waals surface area contributed by atoms with Crippen molar-refractivity contribution in [2.45, 2.75) is 11.9 Å². The first-order valence-corrected chi connectivity index (χ1v) is 9.30. The number of aryl methyl sites for hydroxylation is 1. The highest BCUT2D eigenvalue weighted by Crippen LogP contribution is 2.33. The van der Waals surface area contributed by atoms with Crippen molar-refractivity contribution in [3.8, 4) is 0 Å². The fourth-order valence-corrected chi connectivity index (χ4v) is 3.57. The molecule has 0 atom stereocenters. The lowest BCUT2D eigenvalue weighted by Gasteiger charge is -2.05. The predicted octanol–water partition coefficient (Wildman–Crippen LogP) is 5.07. The molecular weight excluding hydrogens is 370 g/mol. The summed E-state index contributed by atoms with van der Waals surface area (Å²) in [4.78, 5) is 21.2. The van der Waals surface area contributed by atoms with Gasteiger partial charge in [0.25, 0.3) is 0 Å². The van der Waals surface area contributed by atoms with Gasteiger partial charge in [-0.25, -0.2) is 9.97 Å². The summed E-state index contributed by atoms with van der Waals surface area (Å²) < 4.78 is 5.91. The number of fused-ring (bicyclic) bond motifs is 3. The molecule has 0 bridgehead atoms. The highest BCUT2D eigenvalue weighted by atomic mass is 35.5. The predicted molar refractivity (Wildman–Crippen MR) is 105 cm³/mol. The molecule has 0 fully saturated rings. The first-order chi connectivity index (χ1) is 12.6. The molecule has 1 amide bonds. The van der Waals surface area contributed by atoms with E-state index in [2.05, 4.69) is 15.3 Å². The number of rotatable bonds is 4. The average molecular weight is 384 g/mol. The minimum absolute atomic E-state index is 0.127. The summed E-state index contributed by atoms with van der Waals surface area (Å²) in [5.41, 5.74) is 2.84. The third kappa shape index (κ3) is 3.38. The zero-order valence-electron chi connectivity index (χ0n) is 13.8. The van der Waals surface area contributed by atoms with Crippen molar-refractivity contribution in [1.82, 2.24) is 9.97 Å². The van der Waals surface area contributed by atoms with Gasteiger partial charge in [0.15, 0.2) is 5.58 Å². The van der Waals surface area contributed by atoms with Crippen LogP contribution in [0.4, 0.5) is 5.69 Å². The monoisotopic (exact) mass is 383 g/mol. The molecule has 0 aliphatic rings. The van der Waals surface area contributed by atoms with E-state index in [1.54, 1.807) is 24.3 Å². The molecule has 0 radical (unpaired) electrons. The fourth-order valence-electron chi connectivity index (χ4n) is 2.63. The number of carbonyl (C=O) groups excluding carboxylic acids is 1. The first kappa shape index (κ1) is 16.9. The zero-order chi connectivity index (χ0) is 18.1. The molecule has 1 N–H and O–H groups in total. The van der Waals surface area contributed by atoms with Crippen LogP contribution in [0.25, 0.3) is 22.1 Å². The molecule has 0 saturated carbocycles. The van der Waals surface area contributed by atoms with Gasteiger partial charge in [0.2, 0.25) is 5.91 Å². The van der Waals surface area contributed by atoms with Crippen molar-refractivity contribution in [1.29, 1.82) is 0 Å². The van der Waals surface area contributed by atoms with Gasteiger partial charge >= 0.3 is 0 Å². The van der Waals surface area contributed by atoms with Gasteiger partial charge in [0, 0.05) is 16.1 Å². The molecule has 4 aromatic rings. The zero-order valence-corrected chi connectivity index (χ0v) is 15.4. The van der Waals surface area contributed by atoms with E-state index in [0.29, 0.717) is 27.1 Å². The maximum atomic E-state index is 12.2. The van der Waals surface area contributed by atoms with Crippen molar-refractivity contribution < 1.29 is 9.21 Å². The molecule has 7 heteroatoms. The lowest BCUT2D eigenvalue weighted by Crippen LogP contribution is -2.14. The highest BCUT2D eigenvalue weighted by molar-refractivity contribution is 8.00. The lowest BCUT2D eigenvalue weighted by atomic mass is 10.2. The van der Waals surface area contributed by atoms with Gasteiger partial charge in [0.1, 0.15) is 22.0 Å². The SMILES string of the molecule is Cc1nc(SCC(=O)Nc2ccc(Cl)cc2)c2oc3ccccc3c2n1. The second kappa shape index (κ2) is 6.97. The number of aromatic nitrogens is 2. The second-order valence-corrected chi connectivity index (χ2v) is 7.10. The van der Waals surface area contributed by atoms with Gasteiger partial charge in [-0.15, -0.1) is 0 Å². The number of amides is 1. The van der Waals surface area contributed by atoms with Crippen LogP contribution >= 0.6 is 23.4 Å². The quantitative estimate of drug-likeness (QED) is 0.393. The van der Waals surface area contributed by atoms with Crippen LogP contribution in [0.2, 0.25) is 5.02 Å². The molecule has 4 rings (SSSR count). The Kier molecular flexibility index (Phi) is 4.53. The summed E-state index contributed by atoms with van der Waals surface area (Å²) in [6.07, 6.45) is 0. The number of hydrogen-bond acceptors (Lipinski definition) is 5. The summed E-state index contributed by atoms with van der Waals surface area (Å²) in [6.45, 7) is 1.83. The van der Waals surface area contributed by atoms with E-state index in [0.717, 1.165) is 16.5 Å². The topological polar surface area (TPSA) is 68.0 Å². The van der Waals surface area contributed by atoms with E-state index in [1.165, 1.54) is 11.8 Å². The lowest BCUT2D eigenvalue weighted by molar-refractivity contribution is -0.113. The molecule has 2 aromatic carbocycles. The van der Waals surface area contributed by atoms with Crippen LogP contribution in [0.3, 0.4) is 0 Å². The molecule has 0 aliphatic carbocycles. The van der Waals surface area contributed by atoms with Crippen molar-refractivity contribution in [3.05, 3.63) is 59.4 Å². The maximum absolute atomic E-state index is 12.2. The third-order valence-electron chi connectivity index (χ3n) is 3.77. The Hall–Kier alpha value is -2.57. The number of hydrogen-bond donors (Lipinski definition) is 1. The number of nitrogens with one attached hydrogen (secondary N) is 1. The molecule has 5 nitrogen and oxygen atoms in total. The van der Waals surface area contributed by atoms with Gasteiger partial charge in [-0.05, 0) is 43.3 Å². The molecule has 2 aromatic heterocycles. The second-order valence-electron chi connectivity index (χ2n) is 5.70. The average Bonchev–Trinajstić information content (AvgIpc) is 3.00. The molecule has 130 valence electrons. The first-order valence-electron chi connectivity index (χ1n) is 7.94. The minimum atomic E-state index is -0.127. The Morgan fingerprint density at radius 3 is 2.73 bits per heavy atom. The van der Waals surface area contributed by atoms with Crippen LogP contribution in [0.5, 0.6) is 0 Å². The number of carbonyl (C=O) groups is 1. The van der Waals surface area contributed by atoms with E-state index in [-0.39, 0.29) is 11.7 Å². The van der Waals surface area contributed by atoms with Crippen LogP contribution in [0, 0.1) is 6.92 Å². The van der Waals surface area contributed by atoms with E-state index in [1.807, 2.05) is 31.2 Å². The van der Waals surface area contributed by atoms with Gasteiger partial charge in [-0.2, -0.15) is 0 Å². The Morgan fingerprint density at radius 1 is 1.15 bits per heavy atom. The number of furan rings is 1. The molecule has 0 unspecified atom stereocenters. The van der Waals surface area contributed by atoms with Gasteiger partial charge in [0.05, 0.1) is 5.75 Å². The van der Waals surface area contributed by atoms with Crippen LogP contribution in [0.15, 0.2) is 58.0 Å². The summed E-state index contributed by atoms with van der Waals surface area (Å²) in [5.74, 6) is 0.730. The smallest absolute Gasteiger partial charge is 0.234 e. The minimum Gasteiger partial charge on any atom is -0.451 e. The van der Waals surface area contributed by atoms with E-state index >= 15 is 0 Å². The van der Waals surface area contributed by atoms with Gasteiger partial charge in [-0.1, -0.05) is 35.5 Å². The standard InChI is InChI=1S/C19H14ClN3O2S/c1-11-21-17-14-4-2-3-5-15(14)25-18(17)19(22-11)26-10-16(24)23-13-8-6-12(20)7-9-13/h2-9H,10H2,1H3,(H,23,24). The molecule has 0 spiro atoms. The Labute approximate surface area is 158 Å². The Bertz CT molecular complexity index is 1110. The van der Waals surface area contributed by atoms with Crippen LogP contribution in [-0.4, -0.2) is 21.6 Å². The fraction of sp³-hybridized carbons (Fsp3) is 0.105. The summed E-state index contributed by atoms with van der Waals surface area (Å²) in [5, 5.41) is 5.07. The Morgan fingerprint density at radius 2 is 1.92 bits per heavy atom. The van der Waals surface area contributed by atoms with Gasteiger partial charge < -0.3 is 9.73 Å². The largest absolute Gasteiger partial charge is 0.451 e. The van der Waals surface area contributed by atoms with Crippen molar-refractivity contribution in [3.63, 3.8) is 0 Å².